The second-order valence-corrected chi connectivity index (χ2v) is 7.59. The van der Waals surface area contributed by atoms with E-state index in [0.29, 0.717) is 52.0 Å². The summed E-state index contributed by atoms with van der Waals surface area (Å²) in [5.41, 5.74) is 9.06. The number of methoxy groups -OCH3 is 4. The van der Waals surface area contributed by atoms with Crippen molar-refractivity contribution in [2.75, 3.05) is 46.0 Å². The molecule has 0 spiro atoms. The van der Waals surface area contributed by atoms with Crippen LogP contribution in [0.4, 0.5) is 11.4 Å². The van der Waals surface area contributed by atoms with Gasteiger partial charge in [-0.25, -0.2) is 0 Å². The number of nitrogen functional groups attached to an aromatic ring is 1. The van der Waals surface area contributed by atoms with E-state index in [1.807, 2.05) is 24.3 Å². The Bertz CT molecular complexity index is 1200. The van der Waals surface area contributed by atoms with Gasteiger partial charge in [0.15, 0.2) is 28.8 Å². The van der Waals surface area contributed by atoms with Crippen molar-refractivity contribution in [3.8, 4) is 28.7 Å². The van der Waals surface area contributed by atoms with Crippen LogP contribution in [0, 0.1) is 0 Å². The van der Waals surface area contributed by atoms with E-state index in [1.165, 1.54) is 7.11 Å². The van der Waals surface area contributed by atoms with Crippen molar-refractivity contribution in [2.45, 2.75) is 6.42 Å². The van der Waals surface area contributed by atoms with E-state index in [-0.39, 0.29) is 18.0 Å². The van der Waals surface area contributed by atoms with Crippen LogP contribution in [0.1, 0.15) is 27.9 Å². The third-order valence-electron chi connectivity index (χ3n) is 5.42. The third kappa shape index (κ3) is 5.97. The second kappa shape index (κ2) is 11.7. The number of benzene rings is 3. The molecule has 0 atom stereocenters. The van der Waals surface area contributed by atoms with E-state index >= 15 is 0 Å². The number of Topliss-reactive ketones (excluding diaryl/α,β-unsaturated/α-hetero) is 1. The van der Waals surface area contributed by atoms with Gasteiger partial charge >= 0.3 is 0 Å². The van der Waals surface area contributed by atoms with Gasteiger partial charge in [0.2, 0.25) is 5.75 Å². The monoisotopic (exact) mass is 478 g/mol. The molecule has 0 amide bonds. The van der Waals surface area contributed by atoms with Crippen molar-refractivity contribution in [3.63, 3.8) is 0 Å². The van der Waals surface area contributed by atoms with Crippen LogP contribution < -0.4 is 30.0 Å². The highest BCUT2D eigenvalue weighted by Crippen LogP contribution is 2.39. The number of rotatable bonds is 11. The van der Waals surface area contributed by atoms with Crippen molar-refractivity contribution >= 4 is 29.3 Å². The standard InChI is InChI=1S/C27H30N2O6/c1-32-24-16-21(29-12-11-22(30)19-7-5-6-8-20(19)28)18(15-23(24)31)10-9-17-13-25(33-2)27(35-4)26(14-17)34-3/h5-10,13-16,29,31H,11-12,28H2,1-4H3/b10-9-. The number of hydrogen-bond acceptors (Lipinski definition) is 8. The van der Waals surface area contributed by atoms with Crippen LogP contribution in [0.3, 0.4) is 0 Å². The van der Waals surface area contributed by atoms with E-state index < -0.39 is 0 Å². The molecule has 0 heterocycles. The summed E-state index contributed by atoms with van der Waals surface area (Å²) in [6, 6.07) is 13.9. The fourth-order valence-electron chi connectivity index (χ4n) is 3.62. The average Bonchev–Trinajstić information content (AvgIpc) is 2.87. The molecule has 0 saturated carbocycles. The summed E-state index contributed by atoms with van der Waals surface area (Å²) in [6.07, 6.45) is 3.93. The van der Waals surface area contributed by atoms with Gasteiger partial charge in [-0.3, -0.25) is 4.79 Å². The number of carbonyl (C=O) groups is 1. The first-order chi connectivity index (χ1) is 16.9. The Hall–Kier alpha value is -4.33. The molecule has 0 aliphatic rings. The molecule has 0 fully saturated rings. The van der Waals surface area contributed by atoms with Gasteiger partial charge < -0.3 is 35.1 Å². The number of nitrogens with one attached hydrogen (secondary N) is 1. The zero-order valence-electron chi connectivity index (χ0n) is 20.3. The van der Waals surface area contributed by atoms with Crippen LogP contribution >= 0.6 is 0 Å². The molecular weight excluding hydrogens is 448 g/mol. The number of phenolic OH excluding ortho intramolecular Hbond substituents is 1. The fraction of sp³-hybridized carbons (Fsp3) is 0.222. The van der Waals surface area contributed by atoms with Crippen molar-refractivity contribution in [3.05, 3.63) is 65.2 Å². The Morgan fingerprint density at radius 3 is 2.17 bits per heavy atom. The molecule has 35 heavy (non-hydrogen) atoms. The molecule has 0 radical (unpaired) electrons. The molecule has 0 unspecified atom stereocenters. The maximum atomic E-state index is 12.6. The summed E-state index contributed by atoms with van der Waals surface area (Å²) >= 11 is 0. The summed E-state index contributed by atoms with van der Waals surface area (Å²) in [4.78, 5) is 12.6. The lowest BCUT2D eigenvalue weighted by atomic mass is 10.1. The minimum absolute atomic E-state index is 0.00396. The van der Waals surface area contributed by atoms with E-state index in [0.717, 1.165) is 5.56 Å². The van der Waals surface area contributed by atoms with Gasteiger partial charge in [-0.2, -0.15) is 0 Å². The first-order valence-electron chi connectivity index (χ1n) is 10.9. The zero-order chi connectivity index (χ0) is 25.4. The quantitative estimate of drug-likeness (QED) is 0.155. The number of para-hydroxylation sites is 1. The van der Waals surface area contributed by atoms with Gasteiger partial charge in [0, 0.05) is 41.5 Å². The van der Waals surface area contributed by atoms with Crippen molar-refractivity contribution in [1.29, 1.82) is 0 Å². The molecule has 184 valence electrons. The molecule has 0 aromatic heterocycles. The number of aromatic hydroxyl groups is 1. The Kier molecular flexibility index (Phi) is 8.45. The number of ether oxygens (including phenoxy) is 4. The van der Waals surface area contributed by atoms with Gasteiger partial charge in [0.25, 0.3) is 0 Å². The minimum Gasteiger partial charge on any atom is -0.504 e. The van der Waals surface area contributed by atoms with Gasteiger partial charge in [-0.15, -0.1) is 0 Å². The lowest BCUT2D eigenvalue weighted by Gasteiger charge is -2.14. The maximum Gasteiger partial charge on any atom is 0.203 e. The SMILES string of the molecule is COc1cc(NCCC(=O)c2ccccc2N)c(/C=C\c2cc(OC)c(OC)c(OC)c2)cc1O. The zero-order valence-corrected chi connectivity index (χ0v) is 20.3. The highest BCUT2D eigenvalue weighted by atomic mass is 16.5. The first kappa shape index (κ1) is 25.3. The number of phenols is 1. The Balaban J connectivity index is 1.85. The van der Waals surface area contributed by atoms with Gasteiger partial charge in [0.1, 0.15) is 0 Å². The minimum atomic E-state index is -0.0594. The van der Waals surface area contributed by atoms with Crippen LogP contribution in [0.25, 0.3) is 12.2 Å². The van der Waals surface area contributed by atoms with Crippen molar-refractivity contribution in [2.24, 2.45) is 0 Å². The third-order valence-corrected chi connectivity index (χ3v) is 5.42. The molecule has 0 saturated heterocycles. The summed E-state index contributed by atoms with van der Waals surface area (Å²) in [6.45, 7) is 0.367. The molecule has 0 aliphatic carbocycles. The Labute approximate surface area is 204 Å². The molecule has 3 rings (SSSR count). The molecule has 3 aromatic carbocycles. The molecule has 0 aliphatic heterocycles. The fourth-order valence-corrected chi connectivity index (χ4v) is 3.62. The molecule has 4 N–H and O–H groups in total. The summed E-state index contributed by atoms with van der Waals surface area (Å²) in [5.74, 6) is 1.81. The first-order valence-corrected chi connectivity index (χ1v) is 10.9. The highest BCUT2D eigenvalue weighted by molar-refractivity contribution is 6.01. The number of nitrogens with two attached hydrogens (primary N) is 1. The predicted molar refractivity (Wildman–Crippen MR) is 138 cm³/mol. The number of anilines is 2. The number of hydrogen-bond donors (Lipinski definition) is 3. The van der Waals surface area contributed by atoms with Crippen LogP contribution in [0.5, 0.6) is 28.7 Å². The molecule has 8 nitrogen and oxygen atoms in total. The summed E-state index contributed by atoms with van der Waals surface area (Å²) in [7, 11) is 6.13. The van der Waals surface area contributed by atoms with E-state index in [4.69, 9.17) is 24.7 Å². The van der Waals surface area contributed by atoms with E-state index in [9.17, 15) is 9.90 Å². The highest BCUT2D eigenvalue weighted by Gasteiger charge is 2.14. The van der Waals surface area contributed by atoms with Crippen LogP contribution in [-0.4, -0.2) is 45.9 Å². The van der Waals surface area contributed by atoms with Crippen molar-refractivity contribution in [1.82, 2.24) is 0 Å². The Morgan fingerprint density at radius 1 is 0.914 bits per heavy atom. The van der Waals surface area contributed by atoms with E-state index in [1.54, 1.807) is 57.7 Å². The van der Waals surface area contributed by atoms with Crippen LogP contribution in [-0.2, 0) is 0 Å². The molecular formula is C27H30N2O6. The largest absolute Gasteiger partial charge is 0.504 e. The molecule has 8 heteroatoms. The maximum absolute atomic E-state index is 12.6. The summed E-state index contributed by atoms with van der Waals surface area (Å²) in [5, 5.41) is 13.6. The van der Waals surface area contributed by atoms with Gasteiger partial charge in [0.05, 0.1) is 28.4 Å². The van der Waals surface area contributed by atoms with Gasteiger partial charge in [-0.1, -0.05) is 24.3 Å². The smallest absolute Gasteiger partial charge is 0.203 e. The number of carbonyl (C=O) groups excluding carboxylic acids is 1. The van der Waals surface area contributed by atoms with Gasteiger partial charge in [-0.05, 0) is 35.9 Å². The Morgan fingerprint density at radius 2 is 1.57 bits per heavy atom. The molecule has 3 aromatic rings. The second-order valence-electron chi connectivity index (χ2n) is 7.59. The summed E-state index contributed by atoms with van der Waals surface area (Å²) < 4.78 is 21.5. The predicted octanol–water partition coefficient (Wildman–Crippen LogP) is 4.86. The van der Waals surface area contributed by atoms with Crippen LogP contribution in [0.15, 0.2) is 48.5 Å². The van der Waals surface area contributed by atoms with Crippen molar-refractivity contribution < 1.29 is 28.8 Å². The lowest BCUT2D eigenvalue weighted by molar-refractivity contribution is 0.0987. The van der Waals surface area contributed by atoms with Crippen LogP contribution in [0.2, 0.25) is 0 Å². The normalized spacial score (nSPS) is 10.7. The molecule has 0 bridgehead atoms. The average molecular weight is 479 g/mol. The lowest BCUT2D eigenvalue weighted by Crippen LogP contribution is -2.11. The van der Waals surface area contributed by atoms with E-state index in [2.05, 4.69) is 5.32 Å². The topological polar surface area (TPSA) is 112 Å². The number of ketones is 1.